The van der Waals surface area contributed by atoms with Gasteiger partial charge in [0.25, 0.3) is 5.91 Å². The van der Waals surface area contributed by atoms with E-state index in [0.717, 1.165) is 17.7 Å². The number of H-pyrrole nitrogens is 1. The fraction of sp³-hybridized carbons (Fsp3) is 0.333. The second kappa shape index (κ2) is 7.01. The second-order valence-corrected chi connectivity index (χ2v) is 6.98. The van der Waals surface area contributed by atoms with Crippen molar-refractivity contribution in [3.05, 3.63) is 68.6 Å². The fourth-order valence-electron chi connectivity index (χ4n) is 2.43. The number of aryl methyl sites for hydroxylation is 1. The SMILES string of the molecule is Cc1cc(=O)c(C(=O)NCC(C)(C)Cc2cccc(Cl)c2)c[nH]1. The van der Waals surface area contributed by atoms with E-state index in [0.29, 0.717) is 11.6 Å². The lowest BCUT2D eigenvalue weighted by Crippen LogP contribution is -2.37. The topological polar surface area (TPSA) is 62.0 Å². The van der Waals surface area contributed by atoms with Gasteiger partial charge in [-0.15, -0.1) is 0 Å². The molecule has 122 valence electrons. The van der Waals surface area contributed by atoms with Gasteiger partial charge in [-0.3, -0.25) is 9.59 Å². The van der Waals surface area contributed by atoms with Crippen molar-refractivity contribution in [2.45, 2.75) is 27.2 Å². The molecule has 5 heteroatoms. The Kier molecular flexibility index (Phi) is 5.26. The highest BCUT2D eigenvalue weighted by Crippen LogP contribution is 2.22. The summed E-state index contributed by atoms with van der Waals surface area (Å²) in [6, 6.07) is 9.11. The van der Waals surface area contributed by atoms with E-state index in [2.05, 4.69) is 24.1 Å². The summed E-state index contributed by atoms with van der Waals surface area (Å²) in [5.41, 5.74) is 1.55. The van der Waals surface area contributed by atoms with Crippen molar-refractivity contribution >= 4 is 17.5 Å². The van der Waals surface area contributed by atoms with Crippen LogP contribution in [0.2, 0.25) is 5.02 Å². The molecule has 0 aliphatic rings. The van der Waals surface area contributed by atoms with Gasteiger partial charge in [0, 0.05) is 29.5 Å². The number of benzene rings is 1. The number of pyridine rings is 1. The number of carbonyl (C=O) groups is 1. The molecule has 0 saturated heterocycles. The Morgan fingerprint density at radius 2 is 2.04 bits per heavy atom. The molecule has 0 unspecified atom stereocenters. The van der Waals surface area contributed by atoms with Crippen molar-refractivity contribution in [2.24, 2.45) is 5.41 Å². The zero-order valence-corrected chi connectivity index (χ0v) is 14.3. The number of carbonyl (C=O) groups excluding carboxylic acids is 1. The average Bonchev–Trinajstić information content (AvgIpc) is 2.44. The van der Waals surface area contributed by atoms with E-state index in [1.807, 2.05) is 24.3 Å². The smallest absolute Gasteiger partial charge is 0.256 e. The van der Waals surface area contributed by atoms with Gasteiger partial charge in [0.2, 0.25) is 0 Å². The summed E-state index contributed by atoms with van der Waals surface area (Å²) in [5, 5.41) is 3.54. The Labute approximate surface area is 140 Å². The molecule has 2 rings (SSSR count). The van der Waals surface area contributed by atoms with Gasteiger partial charge < -0.3 is 10.3 Å². The van der Waals surface area contributed by atoms with Crippen LogP contribution in [0, 0.1) is 12.3 Å². The van der Waals surface area contributed by atoms with Crippen LogP contribution in [0.25, 0.3) is 0 Å². The van der Waals surface area contributed by atoms with E-state index in [9.17, 15) is 9.59 Å². The molecule has 1 aromatic carbocycles. The van der Waals surface area contributed by atoms with Crippen LogP contribution in [-0.2, 0) is 6.42 Å². The molecule has 0 atom stereocenters. The standard InChI is InChI=1S/C18H21ClN2O2/c1-12-7-16(22)15(10-20-12)17(23)21-11-18(2,3)9-13-5-4-6-14(19)8-13/h4-8,10H,9,11H2,1-3H3,(H,20,22)(H,21,23). The van der Waals surface area contributed by atoms with Gasteiger partial charge >= 0.3 is 0 Å². The molecule has 0 saturated carbocycles. The number of rotatable bonds is 5. The van der Waals surface area contributed by atoms with Crippen LogP contribution in [0.3, 0.4) is 0 Å². The van der Waals surface area contributed by atoms with Crippen LogP contribution < -0.4 is 10.7 Å². The van der Waals surface area contributed by atoms with Crippen LogP contribution in [0.5, 0.6) is 0 Å². The van der Waals surface area contributed by atoms with Gasteiger partial charge in [-0.25, -0.2) is 0 Å². The maximum Gasteiger partial charge on any atom is 0.256 e. The lowest BCUT2D eigenvalue weighted by Gasteiger charge is -2.25. The van der Waals surface area contributed by atoms with Gasteiger partial charge in [0.1, 0.15) is 5.56 Å². The van der Waals surface area contributed by atoms with Crippen LogP contribution in [-0.4, -0.2) is 17.4 Å². The van der Waals surface area contributed by atoms with E-state index in [1.165, 1.54) is 12.3 Å². The predicted octanol–water partition coefficient (Wildman–Crippen LogP) is 3.34. The number of halogens is 1. The van der Waals surface area contributed by atoms with Crippen LogP contribution in [0.15, 0.2) is 41.3 Å². The molecule has 0 radical (unpaired) electrons. The first-order valence-electron chi connectivity index (χ1n) is 7.49. The van der Waals surface area contributed by atoms with Crippen molar-refractivity contribution in [3.8, 4) is 0 Å². The van der Waals surface area contributed by atoms with Gasteiger partial charge in [0.05, 0.1) is 0 Å². The fourth-order valence-corrected chi connectivity index (χ4v) is 2.64. The molecule has 0 spiro atoms. The molecule has 23 heavy (non-hydrogen) atoms. The first-order chi connectivity index (χ1) is 10.8. The van der Waals surface area contributed by atoms with E-state index >= 15 is 0 Å². The Bertz CT molecular complexity index is 766. The van der Waals surface area contributed by atoms with Crippen molar-refractivity contribution in [1.82, 2.24) is 10.3 Å². The highest BCUT2D eigenvalue weighted by molar-refractivity contribution is 6.30. The minimum absolute atomic E-state index is 0.133. The number of nitrogens with one attached hydrogen (secondary N) is 2. The maximum absolute atomic E-state index is 12.2. The van der Waals surface area contributed by atoms with Crippen LogP contribution >= 0.6 is 11.6 Å². The largest absolute Gasteiger partial charge is 0.364 e. The van der Waals surface area contributed by atoms with E-state index in [1.54, 1.807) is 6.92 Å². The van der Waals surface area contributed by atoms with Gasteiger partial charge in [-0.1, -0.05) is 37.6 Å². The molecule has 0 bridgehead atoms. The zero-order chi connectivity index (χ0) is 17.0. The molecule has 0 aliphatic heterocycles. The summed E-state index contributed by atoms with van der Waals surface area (Å²) in [6.45, 7) is 6.37. The summed E-state index contributed by atoms with van der Waals surface area (Å²) in [4.78, 5) is 26.9. The summed E-state index contributed by atoms with van der Waals surface area (Å²) < 4.78 is 0. The Morgan fingerprint density at radius 1 is 1.30 bits per heavy atom. The van der Waals surface area contributed by atoms with Gasteiger partial charge in [-0.05, 0) is 36.5 Å². The summed E-state index contributed by atoms with van der Waals surface area (Å²) in [5.74, 6) is -0.356. The minimum atomic E-state index is -0.356. The summed E-state index contributed by atoms with van der Waals surface area (Å²) >= 11 is 6.00. The normalized spacial score (nSPS) is 11.3. The lowest BCUT2D eigenvalue weighted by molar-refractivity contribution is 0.0935. The molecule has 4 nitrogen and oxygen atoms in total. The van der Waals surface area contributed by atoms with Crippen LogP contribution in [0.1, 0.15) is 35.5 Å². The lowest BCUT2D eigenvalue weighted by atomic mass is 9.85. The van der Waals surface area contributed by atoms with E-state index in [4.69, 9.17) is 11.6 Å². The molecule has 0 aliphatic carbocycles. The first-order valence-corrected chi connectivity index (χ1v) is 7.87. The first kappa shape index (κ1) is 17.3. The highest BCUT2D eigenvalue weighted by Gasteiger charge is 2.21. The second-order valence-electron chi connectivity index (χ2n) is 6.55. The Morgan fingerprint density at radius 3 is 2.70 bits per heavy atom. The molecule has 1 amide bonds. The van der Waals surface area contributed by atoms with E-state index in [-0.39, 0.29) is 22.3 Å². The van der Waals surface area contributed by atoms with Gasteiger partial charge in [0.15, 0.2) is 5.43 Å². The minimum Gasteiger partial charge on any atom is -0.364 e. The quantitative estimate of drug-likeness (QED) is 0.882. The van der Waals surface area contributed by atoms with Gasteiger partial charge in [-0.2, -0.15) is 0 Å². The summed E-state index contributed by atoms with van der Waals surface area (Å²) in [6.07, 6.45) is 2.23. The Hall–Kier alpha value is -2.07. The Balaban J connectivity index is 2.01. The van der Waals surface area contributed by atoms with Crippen molar-refractivity contribution in [1.29, 1.82) is 0 Å². The molecular weight excluding hydrogens is 312 g/mol. The molecule has 1 aromatic heterocycles. The number of amides is 1. The maximum atomic E-state index is 12.2. The molecule has 1 heterocycles. The third kappa shape index (κ3) is 4.96. The molecule has 2 N–H and O–H groups in total. The van der Waals surface area contributed by atoms with E-state index < -0.39 is 0 Å². The molecule has 2 aromatic rings. The third-order valence-corrected chi connectivity index (χ3v) is 3.84. The number of aromatic amines is 1. The summed E-state index contributed by atoms with van der Waals surface area (Å²) in [7, 11) is 0. The average molecular weight is 333 g/mol. The monoisotopic (exact) mass is 332 g/mol. The molecular formula is C18H21ClN2O2. The zero-order valence-electron chi connectivity index (χ0n) is 13.6. The number of aromatic nitrogens is 1. The molecule has 0 fully saturated rings. The number of hydrogen-bond acceptors (Lipinski definition) is 2. The van der Waals surface area contributed by atoms with Crippen molar-refractivity contribution in [3.63, 3.8) is 0 Å². The van der Waals surface area contributed by atoms with Crippen LogP contribution in [0.4, 0.5) is 0 Å². The highest BCUT2D eigenvalue weighted by atomic mass is 35.5. The third-order valence-electron chi connectivity index (χ3n) is 3.60. The number of hydrogen-bond donors (Lipinski definition) is 2. The van der Waals surface area contributed by atoms with Crippen molar-refractivity contribution < 1.29 is 4.79 Å². The van der Waals surface area contributed by atoms with Crippen molar-refractivity contribution in [2.75, 3.05) is 6.54 Å². The predicted molar refractivity (Wildman–Crippen MR) is 93.1 cm³/mol.